The molecule has 1 N–H and O–H groups in total. The van der Waals surface area contributed by atoms with E-state index in [1.165, 1.54) is 0 Å². The highest BCUT2D eigenvalue weighted by atomic mass is 28.2. The summed E-state index contributed by atoms with van der Waals surface area (Å²) in [5, 5.41) is 9.72. The van der Waals surface area contributed by atoms with Crippen molar-refractivity contribution in [1.29, 1.82) is 0 Å². The molecule has 0 aliphatic heterocycles. The van der Waals surface area contributed by atoms with Crippen molar-refractivity contribution in [1.82, 2.24) is 4.98 Å². The summed E-state index contributed by atoms with van der Waals surface area (Å²) in [6.45, 7) is 12.2. The normalized spacial score (nSPS) is 14.6. The first-order valence-corrected chi connectivity index (χ1v) is 7.13. The van der Waals surface area contributed by atoms with Crippen LogP contribution < -0.4 is 0 Å². The molecule has 4 heteroatoms. The molecule has 0 bridgehead atoms. The van der Waals surface area contributed by atoms with Crippen LogP contribution in [0.2, 0.25) is 5.04 Å². The summed E-state index contributed by atoms with van der Waals surface area (Å²) < 4.78 is 6.00. The van der Waals surface area contributed by atoms with Crippen molar-refractivity contribution in [3.8, 4) is 0 Å². The molecule has 0 aliphatic carbocycles. The van der Waals surface area contributed by atoms with Gasteiger partial charge in [0.05, 0.1) is 23.1 Å². The molecule has 0 aliphatic rings. The first-order chi connectivity index (χ1) is 8.12. The van der Waals surface area contributed by atoms with Gasteiger partial charge in [0.2, 0.25) is 9.76 Å². The lowest BCUT2D eigenvalue weighted by atomic mass is 10.0. The molecule has 100 valence electrons. The van der Waals surface area contributed by atoms with Gasteiger partial charge in [-0.15, -0.1) is 0 Å². The van der Waals surface area contributed by atoms with Crippen LogP contribution in [0.4, 0.5) is 0 Å². The van der Waals surface area contributed by atoms with Crippen LogP contribution in [0.3, 0.4) is 0 Å². The zero-order chi connectivity index (χ0) is 14.0. The van der Waals surface area contributed by atoms with Crippen LogP contribution >= 0.6 is 0 Å². The number of aliphatic hydroxyl groups excluding tert-OH is 1. The van der Waals surface area contributed by atoms with E-state index in [0.717, 1.165) is 5.69 Å². The van der Waals surface area contributed by atoms with E-state index in [9.17, 15) is 5.11 Å². The van der Waals surface area contributed by atoms with Gasteiger partial charge in [-0.1, -0.05) is 26.8 Å². The monoisotopic (exact) mass is 265 g/mol. The highest BCUT2D eigenvalue weighted by Gasteiger charge is 2.26. The smallest absolute Gasteiger partial charge is 0.237 e. The topological polar surface area (TPSA) is 42.4 Å². The van der Waals surface area contributed by atoms with Crippen LogP contribution in [0.25, 0.3) is 0 Å². The summed E-state index contributed by atoms with van der Waals surface area (Å²) in [4.78, 5) is 4.47. The van der Waals surface area contributed by atoms with Crippen LogP contribution in [0.15, 0.2) is 18.2 Å². The summed E-state index contributed by atoms with van der Waals surface area (Å²) in [6.07, 6.45) is -0.550. The quantitative estimate of drug-likeness (QED) is 0.850. The molecule has 0 saturated carbocycles. The van der Waals surface area contributed by atoms with E-state index < -0.39 is 11.7 Å². The van der Waals surface area contributed by atoms with Gasteiger partial charge in [0.1, 0.15) is 0 Å². The van der Waals surface area contributed by atoms with Gasteiger partial charge in [0.25, 0.3) is 0 Å². The molecule has 3 nitrogen and oxygen atoms in total. The third kappa shape index (κ3) is 4.52. The Balaban J connectivity index is 2.87. The SMILES string of the molecule is CC(O)c1cccc(C(C)(C)O[Si]C(C)(C)C)n1. The minimum atomic E-state index is -0.550. The molecule has 0 aromatic carbocycles. The van der Waals surface area contributed by atoms with Gasteiger partial charge in [-0.3, -0.25) is 4.98 Å². The maximum atomic E-state index is 9.57. The summed E-state index contributed by atoms with van der Waals surface area (Å²) in [5.74, 6) is 0. The van der Waals surface area contributed by atoms with Crippen molar-refractivity contribution >= 4 is 9.76 Å². The van der Waals surface area contributed by atoms with E-state index in [2.05, 4.69) is 25.8 Å². The summed E-state index contributed by atoms with van der Waals surface area (Å²) in [7, 11) is 0.407. The molecule has 1 heterocycles. The van der Waals surface area contributed by atoms with Gasteiger partial charge in [-0.25, -0.2) is 0 Å². The molecular formula is C14H23NO2Si. The second kappa shape index (κ2) is 5.51. The van der Waals surface area contributed by atoms with Crippen molar-refractivity contribution in [2.75, 3.05) is 0 Å². The Labute approximate surface area is 113 Å². The van der Waals surface area contributed by atoms with E-state index in [1.54, 1.807) is 6.92 Å². The molecule has 1 aromatic rings. The fourth-order valence-corrected chi connectivity index (χ4v) is 2.02. The predicted octanol–water partition coefficient (Wildman–Crippen LogP) is 3.22. The van der Waals surface area contributed by atoms with Gasteiger partial charge in [-0.05, 0) is 37.9 Å². The number of aliphatic hydroxyl groups is 1. The Morgan fingerprint density at radius 2 is 1.83 bits per heavy atom. The largest absolute Gasteiger partial charge is 0.406 e. The van der Waals surface area contributed by atoms with E-state index >= 15 is 0 Å². The molecular weight excluding hydrogens is 242 g/mol. The van der Waals surface area contributed by atoms with Crippen LogP contribution in [-0.2, 0) is 10.0 Å². The van der Waals surface area contributed by atoms with Crippen LogP contribution in [0, 0.1) is 0 Å². The Morgan fingerprint density at radius 3 is 2.33 bits per heavy atom. The molecule has 0 spiro atoms. The second-order valence-corrected chi connectivity index (χ2v) is 8.00. The lowest BCUT2D eigenvalue weighted by molar-refractivity contribution is 0.103. The van der Waals surface area contributed by atoms with E-state index in [4.69, 9.17) is 4.43 Å². The molecule has 2 radical (unpaired) electrons. The van der Waals surface area contributed by atoms with Crippen LogP contribution in [-0.4, -0.2) is 19.9 Å². The number of rotatable bonds is 4. The Hall–Kier alpha value is -0.713. The van der Waals surface area contributed by atoms with Crippen molar-refractivity contribution < 1.29 is 9.53 Å². The highest BCUT2D eigenvalue weighted by Crippen LogP contribution is 2.28. The second-order valence-electron chi connectivity index (χ2n) is 6.09. The Morgan fingerprint density at radius 1 is 1.22 bits per heavy atom. The average molecular weight is 265 g/mol. The maximum Gasteiger partial charge on any atom is 0.237 e. The first kappa shape index (κ1) is 15.3. The number of pyridine rings is 1. The van der Waals surface area contributed by atoms with Crippen molar-refractivity contribution in [3.63, 3.8) is 0 Å². The molecule has 0 saturated heterocycles. The van der Waals surface area contributed by atoms with Gasteiger partial charge >= 0.3 is 0 Å². The van der Waals surface area contributed by atoms with Crippen LogP contribution in [0.1, 0.15) is 59.0 Å². The molecule has 18 heavy (non-hydrogen) atoms. The molecule has 1 rings (SSSR count). The number of aromatic nitrogens is 1. The van der Waals surface area contributed by atoms with Crippen LogP contribution in [0.5, 0.6) is 0 Å². The summed E-state index contributed by atoms with van der Waals surface area (Å²) in [5.41, 5.74) is 1.11. The molecule has 1 atom stereocenters. The molecule has 1 unspecified atom stereocenters. The van der Waals surface area contributed by atoms with Crippen molar-refractivity contribution in [2.24, 2.45) is 0 Å². The minimum absolute atomic E-state index is 0.152. The molecule has 1 aromatic heterocycles. The summed E-state index contributed by atoms with van der Waals surface area (Å²) >= 11 is 0. The van der Waals surface area contributed by atoms with E-state index in [-0.39, 0.29) is 5.04 Å². The number of hydrogen-bond acceptors (Lipinski definition) is 3. The Bertz CT molecular complexity index is 397. The van der Waals surface area contributed by atoms with Crippen molar-refractivity contribution in [2.45, 2.75) is 58.3 Å². The van der Waals surface area contributed by atoms with Crippen molar-refractivity contribution in [3.05, 3.63) is 29.6 Å². The minimum Gasteiger partial charge on any atom is -0.406 e. The predicted molar refractivity (Wildman–Crippen MR) is 74.5 cm³/mol. The van der Waals surface area contributed by atoms with Gasteiger partial charge in [0, 0.05) is 0 Å². The molecule has 0 fully saturated rings. The van der Waals surface area contributed by atoms with Gasteiger partial charge < -0.3 is 9.53 Å². The third-order valence-corrected chi connectivity index (χ3v) is 3.65. The lowest BCUT2D eigenvalue weighted by Crippen LogP contribution is -2.28. The van der Waals surface area contributed by atoms with E-state index in [1.807, 2.05) is 32.0 Å². The first-order valence-electron chi connectivity index (χ1n) is 6.22. The average Bonchev–Trinajstić information content (AvgIpc) is 2.26. The Kier molecular flexibility index (Phi) is 4.70. The zero-order valence-corrected chi connectivity index (χ0v) is 13.1. The highest BCUT2D eigenvalue weighted by molar-refractivity contribution is 6.31. The summed E-state index contributed by atoms with van der Waals surface area (Å²) in [6, 6.07) is 5.69. The van der Waals surface area contributed by atoms with E-state index in [0.29, 0.717) is 15.5 Å². The molecule has 0 amide bonds. The standard InChI is InChI=1S/C14H23NO2Si/c1-10(16)11-8-7-9-12(15-11)14(5,6)17-18-13(2,3)4/h7-10,16H,1-6H3. The third-order valence-electron chi connectivity index (χ3n) is 2.43. The maximum absolute atomic E-state index is 9.57. The fourth-order valence-electron chi connectivity index (χ4n) is 1.35. The van der Waals surface area contributed by atoms with Gasteiger partial charge in [0.15, 0.2) is 0 Å². The number of nitrogens with zero attached hydrogens (tertiary/aromatic N) is 1. The number of hydrogen-bond donors (Lipinski definition) is 1. The zero-order valence-electron chi connectivity index (χ0n) is 12.1. The van der Waals surface area contributed by atoms with Gasteiger partial charge in [-0.2, -0.15) is 0 Å². The fraction of sp³-hybridized carbons (Fsp3) is 0.643. The lowest BCUT2D eigenvalue weighted by Gasteiger charge is -2.29.